The van der Waals surface area contributed by atoms with Crippen molar-refractivity contribution in [3.63, 3.8) is 0 Å². The van der Waals surface area contributed by atoms with Gasteiger partial charge in [0, 0.05) is 44.3 Å². The van der Waals surface area contributed by atoms with Gasteiger partial charge in [-0.1, -0.05) is 0 Å². The van der Waals surface area contributed by atoms with Crippen LogP contribution in [-0.4, -0.2) is 40.5 Å². The highest BCUT2D eigenvalue weighted by Crippen LogP contribution is 2.18. The zero-order valence-corrected chi connectivity index (χ0v) is 9.35. The van der Waals surface area contributed by atoms with Gasteiger partial charge in [-0.2, -0.15) is 0 Å². The minimum absolute atomic E-state index is 0.364. The van der Waals surface area contributed by atoms with E-state index in [0.717, 1.165) is 25.3 Å². The van der Waals surface area contributed by atoms with Crippen LogP contribution in [0.5, 0.6) is 0 Å². The minimum Gasteiger partial charge on any atom is -0.312 e. The van der Waals surface area contributed by atoms with E-state index < -0.39 is 0 Å². The summed E-state index contributed by atoms with van der Waals surface area (Å²) in [6.07, 6.45) is 5.34. The van der Waals surface area contributed by atoms with Gasteiger partial charge in [0.05, 0.1) is 11.7 Å². The summed E-state index contributed by atoms with van der Waals surface area (Å²) in [5.41, 5.74) is 1.06. The first kappa shape index (κ1) is 10.5. The monoisotopic (exact) mass is 206 g/mol. The van der Waals surface area contributed by atoms with Crippen LogP contribution in [0.15, 0.2) is 18.6 Å². The first-order valence-corrected chi connectivity index (χ1v) is 5.50. The molecule has 0 unspecified atom stereocenters. The fourth-order valence-electron chi connectivity index (χ4n) is 2.03. The van der Waals surface area contributed by atoms with Gasteiger partial charge in [0.2, 0.25) is 0 Å². The van der Waals surface area contributed by atoms with Crippen molar-refractivity contribution in [2.45, 2.75) is 25.9 Å². The maximum atomic E-state index is 4.35. The normalized spacial score (nSPS) is 25.1. The van der Waals surface area contributed by atoms with Crippen molar-refractivity contribution >= 4 is 0 Å². The summed E-state index contributed by atoms with van der Waals surface area (Å²) in [6.45, 7) is 7.64. The Morgan fingerprint density at radius 3 is 3.07 bits per heavy atom. The maximum absolute atomic E-state index is 4.35. The van der Waals surface area contributed by atoms with Crippen LogP contribution in [0.25, 0.3) is 0 Å². The molecule has 0 bridgehead atoms. The zero-order chi connectivity index (χ0) is 10.7. The number of nitrogens with one attached hydrogen (secondary N) is 1. The average molecular weight is 206 g/mol. The molecule has 1 fully saturated rings. The first-order valence-electron chi connectivity index (χ1n) is 5.50. The molecular formula is C11H18N4. The van der Waals surface area contributed by atoms with Crippen LogP contribution < -0.4 is 5.32 Å². The number of piperazine rings is 1. The Morgan fingerprint density at radius 1 is 1.53 bits per heavy atom. The SMILES string of the molecule is C[C@H]1CN([C@@H](C)c2cnccn2)CCN1. The lowest BCUT2D eigenvalue weighted by Crippen LogP contribution is -2.49. The predicted octanol–water partition coefficient (Wildman–Crippen LogP) is 0.831. The average Bonchev–Trinajstić information content (AvgIpc) is 2.29. The lowest BCUT2D eigenvalue weighted by atomic mass is 10.1. The van der Waals surface area contributed by atoms with Gasteiger partial charge in [0.1, 0.15) is 0 Å². The Bertz CT molecular complexity index is 301. The van der Waals surface area contributed by atoms with E-state index in [4.69, 9.17) is 0 Å². The molecule has 0 amide bonds. The van der Waals surface area contributed by atoms with Gasteiger partial charge in [0.25, 0.3) is 0 Å². The number of hydrogen-bond acceptors (Lipinski definition) is 4. The third-order valence-corrected chi connectivity index (χ3v) is 2.96. The number of aromatic nitrogens is 2. The molecule has 2 rings (SSSR count). The molecule has 0 aliphatic carbocycles. The summed E-state index contributed by atoms with van der Waals surface area (Å²) < 4.78 is 0. The lowest BCUT2D eigenvalue weighted by molar-refractivity contribution is 0.156. The molecule has 0 aromatic carbocycles. The molecule has 1 aromatic heterocycles. The van der Waals surface area contributed by atoms with Crippen molar-refractivity contribution in [3.05, 3.63) is 24.3 Å². The topological polar surface area (TPSA) is 41.1 Å². The molecule has 2 atom stereocenters. The Labute approximate surface area is 90.7 Å². The summed E-state index contributed by atoms with van der Waals surface area (Å²) in [5, 5.41) is 3.44. The first-order chi connectivity index (χ1) is 7.27. The van der Waals surface area contributed by atoms with Gasteiger partial charge in [-0.05, 0) is 13.8 Å². The Kier molecular flexibility index (Phi) is 3.28. The molecule has 4 heteroatoms. The lowest BCUT2D eigenvalue weighted by Gasteiger charge is -2.35. The van der Waals surface area contributed by atoms with Crippen molar-refractivity contribution in [1.29, 1.82) is 0 Å². The molecule has 1 aliphatic rings. The summed E-state index contributed by atoms with van der Waals surface area (Å²) >= 11 is 0. The summed E-state index contributed by atoms with van der Waals surface area (Å²) in [7, 11) is 0. The molecule has 1 aromatic rings. The molecule has 0 saturated carbocycles. The van der Waals surface area contributed by atoms with Crippen LogP contribution in [0, 0.1) is 0 Å². The summed E-state index contributed by atoms with van der Waals surface area (Å²) in [4.78, 5) is 10.9. The van der Waals surface area contributed by atoms with Gasteiger partial charge in [-0.15, -0.1) is 0 Å². The Morgan fingerprint density at radius 2 is 2.40 bits per heavy atom. The number of hydrogen-bond donors (Lipinski definition) is 1. The third-order valence-electron chi connectivity index (χ3n) is 2.96. The zero-order valence-electron chi connectivity index (χ0n) is 9.35. The van der Waals surface area contributed by atoms with Crippen molar-refractivity contribution in [2.24, 2.45) is 0 Å². The standard InChI is InChI=1S/C11H18N4/c1-9-8-15(6-5-13-9)10(2)11-7-12-3-4-14-11/h3-4,7,9-10,13H,5-6,8H2,1-2H3/t9-,10-/m0/s1. The Hall–Kier alpha value is -1.00. The molecule has 0 spiro atoms. The second-order valence-electron chi connectivity index (χ2n) is 4.16. The van der Waals surface area contributed by atoms with E-state index in [-0.39, 0.29) is 0 Å². The quantitative estimate of drug-likeness (QED) is 0.778. The van der Waals surface area contributed by atoms with E-state index >= 15 is 0 Å². The van der Waals surface area contributed by atoms with Gasteiger partial charge in [0.15, 0.2) is 0 Å². The van der Waals surface area contributed by atoms with Crippen molar-refractivity contribution < 1.29 is 0 Å². The van der Waals surface area contributed by atoms with Crippen LogP contribution >= 0.6 is 0 Å². The highest BCUT2D eigenvalue weighted by Gasteiger charge is 2.22. The van der Waals surface area contributed by atoms with Gasteiger partial charge in [-0.3, -0.25) is 14.9 Å². The fourth-order valence-corrected chi connectivity index (χ4v) is 2.03. The van der Waals surface area contributed by atoms with E-state index in [0.29, 0.717) is 12.1 Å². The molecule has 4 nitrogen and oxygen atoms in total. The van der Waals surface area contributed by atoms with E-state index in [1.165, 1.54) is 0 Å². The van der Waals surface area contributed by atoms with Crippen LogP contribution in [0.2, 0.25) is 0 Å². The van der Waals surface area contributed by atoms with Crippen molar-refractivity contribution in [2.75, 3.05) is 19.6 Å². The highest BCUT2D eigenvalue weighted by molar-refractivity contribution is 5.02. The van der Waals surface area contributed by atoms with E-state index in [9.17, 15) is 0 Å². The molecule has 0 radical (unpaired) electrons. The second kappa shape index (κ2) is 4.68. The van der Waals surface area contributed by atoms with Gasteiger partial charge in [-0.25, -0.2) is 0 Å². The molecule has 1 saturated heterocycles. The molecule has 2 heterocycles. The number of rotatable bonds is 2. The summed E-state index contributed by atoms with van der Waals surface area (Å²) in [5.74, 6) is 0. The largest absolute Gasteiger partial charge is 0.312 e. The minimum atomic E-state index is 0.364. The molecular weight excluding hydrogens is 188 g/mol. The maximum Gasteiger partial charge on any atom is 0.0755 e. The molecule has 1 N–H and O–H groups in total. The van der Waals surface area contributed by atoms with Crippen molar-refractivity contribution in [3.8, 4) is 0 Å². The van der Waals surface area contributed by atoms with E-state index in [2.05, 4.69) is 34.0 Å². The highest BCUT2D eigenvalue weighted by atomic mass is 15.2. The van der Waals surface area contributed by atoms with Gasteiger partial charge >= 0.3 is 0 Å². The third kappa shape index (κ3) is 2.52. The fraction of sp³-hybridized carbons (Fsp3) is 0.636. The van der Waals surface area contributed by atoms with Crippen molar-refractivity contribution in [1.82, 2.24) is 20.2 Å². The Balaban J connectivity index is 2.04. The molecule has 82 valence electrons. The van der Waals surface area contributed by atoms with Crippen LogP contribution in [0.4, 0.5) is 0 Å². The van der Waals surface area contributed by atoms with E-state index in [1.54, 1.807) is 12.4 Å². The summed E-state index contributed by atoms with van der Waals surface area (Å²) in [6, 6.07) is 0.932. The van der Waals surface area contributed by atoms with Crippen LogP contribution in [0.1, 0.15) is 25.6 Å². The smallest absolute Gasteiger partial charge is 0.0755 e. The molecule has 15 heavy (non-hydrogen) atoms. The second-order valence-corrected chi connectivity index (χ2v) is 4.16. The number of nitrogens with zero attached hydrogens (tertiary/aromatic N) is 3. The van der Waals surface area contributed by atoms with Crippen LogP contribution in [0.3, 0.4) is 0 Å². The van der Waals surface area contributed by atoms with E-state index in [1.807, 2.05) is 6.20 Å². The molecule has 1 aliphatic heterocycles. The predicted molar refractivity (Wildman–Crippen MR) is 59.5 cm³/mol. The van der Waals surface area contributed by atoms with Crippen LogP contribution in [-0.2, 0) is 0 Å². The van der Waals surface area contributed by atoms with Gasteiger partial charge < -0.3 is 5.32 Å².